The first-order valence-electron chi connectivity index (χ1n) is 24.1. The maximum absolute atomic E-state index is 5.82. The van der Waals surface area contributed by atoms with Crippen molar-refractivity contribution in [3.05, 3.63) is 180 Å². The van der Waals surface area contributed by atoms with Crippen molar-refractivity contribution in [1.82, 2.24) is 20.6 Å². The van der Waals surface area contributed by atoms with E-state index in [4.69, 9.17) is 9.97 Å². The number of allylic oxidation sites excluding steroid dienone is 3. The monoisotopic (exact) mass is 820 g/mol. The number of rotatable bonds is 0. The molecule has 6 aromatic carbocycles. The predicted molar refractivity (Wildman–Crippen MR) is 259 cm³/mol. The highest BCUT2D eigenvalue weighted by molar-refractivity contribution is 6.14. The molecule has 0 aromatic heterocycles. The van der Waals surface area contributed by atoms with E-state index in [1.54, 1.807) is 0 Å². The largest absolute Gasteiger partial charge is 0.377 e. The van der Waals surface area contributed by atoms with Crippen molar-refractivity contribution in [2.45, 2.75) is 50.5 Å². The van der Waals surface area contributed by atoms with Crippen molar-refractivity contribution < 1.29 is 0 Å². The van der Waals surface area contributed by atoms with Crippen LogP contribution in [0.2, 0.25) is 0 Å². The predicted octanol–water partition coefficient (Wildman–Crippen LogP) is 11.1. The average Bonchev–Trinajstić information content (AvgIpc) is 4.21. The third-order valence-corrected chi connectivity index (χ3v) is 18.0. The van der Waals surface area contributed by atoms with Gasteiger partial charge in [-0.1, -0.05) is 135 Å². The molecule has 0 amide bonds. The molecule has 5 aliphatic heterocycles. The Morgan fingerprint density at radius 3 is 1.66 bits per heavy atom. The molecule has 6 aliphatic carbocycles. The fourth-order valence-electron chi connectivity index (χ4n) is 16.1. The SMILES string of the molecule is C1=C2N/C(=C\c3n/c(c4c5cccc6cccc(c3=4)c65)=C\C3NC(=C4c5cccc6cccc(c56)C43)/C=c3\nc1c1c4cccc5cccc(c3=1)c54)C1C3CCCC4CCCC(C21)C43. The van der Waals surface area contributed by atoms with Crippen molar-refractivity contribution in [2.75, 3.05) is 0 Å². The lowest BCUT2D eigenvalue weighted by Gasteiger charge is -2.42. The van der Waals surface area contributed by atoms with Crippen LogP contribution in [0.4, 0.5) is 0 Å². The van der Waals surface area contributed by atoms with Crippen LogP contribution in [0.1, 0.15) is 67.0 Å². The third-order valence-electron chi connectivity index (χ3n) is 18.0. The number of benzene rings is 6. The number of nitrogens with one attached hydrogen (secondary N) is 2. The molecule has 11 aliphatic rings. The van der Waals surface area contributed by atoms with Gasteiger partial charge in [-0.3, -0.25) is 0 Å². The van der Waals surface area contributed by atoms with Crippen LogP contribution < -0.4 is 21.3 Å². The summed E-state index contributed by atoms with van der Waals surface area (Å²) in [6.07, 6.45) is 18.2. The van der Waals surface area contributed by atoms with E-state index in [2.05, 4.69) is 144 Å². The van der Waals surface area contributed by atoms with Gasteiger partial charge in [0.15, 0.2) is 0 Å². The van der Waals surface area contributed by atoms with Gasteiger partial charge in [0, 0.05) is 55.7 Å². The van der Waals surface area contributed by atoms with Gasteiger partial charge in [-0.25, -0.2) is 9.97 Å². The molecule has 4 nitrogen and oxygen atoms in total. The second-order valence-corrected chi connectivity index (χ2v) is 20.6. The molecule has 3 saturated carbocycles. The molecule has 6 aromatic rings. The van der Waals surface area contributed by atoms with Crippen LogP contribution in [0.3, 0.4) is 0 Å². The van der Waals surface area contributed by atoms with Crippen molar-refractivity contribution in [3.8, 4) is 0 Å². The molecule has 17 rings (SSSR count). The zero-order valence-corrected chi connectivity index (χ0v) is 35.5. The van der Waals surface area contributed by atoms with Crippen molar-refractivity contribution >= 4 is 83.7 Å². The molecule has 4 fully saturated rings. The highest BCUT2D eigenvalue weighted by Crippen LogP contribution is 2.64. The Hall–Kier alpha value is -6.78. The van der Waals surface area contributed by atoms with Crippen LogP contribution in [0.25, 0.3) is 83.7 Å². The minimum atomic E-state index is -0.00435. The van der Waals surface area contributed by atoms with Gasteiger partial charge in [-0.2, -0.15) is 0 Å². The van der Waals surface area contributed by atoms with Gasteiger partial charge >= 0.3 is 0 Å². The van der Waals surface area contributed by atoms with Crippen molar-refractivity contribution in [3.63, 3.8) is 0 Å². The third kappa shape index (κ3) is 4.01. The Morgan fingerprint density at radius 1 is 0.500 bits per heavy atom. The molecular weight excluding hydrogens is 777 g/mol. The maximum Gasteiger partial charge on any atom is 0.0743 e. The Bertz CT molecular complexity index is 4080. The van der Waals surface area contributed by atoms with E-state index < -0.39 is 0 Å². The van der Waals surface area contributed by atoms with Crippen LogP contribution in [-0.4, -0.2) is 16.0 Å². The zero-order valence-electron chi connectivity index (χ0n) is 35.5. The van der Waals surface area contributed by atoms with Crippen LogP contribution >= 0.6 is 0 Å². The summed E-state index contributed by atoms with van der Waals surface area (Å²) in [6, 6.07) is 41.3. The molecule has 64 heavy (non-hydrogen) atoms. The van der Waals surface area contributed by atoms with Crippen LogP contribution in [0.15, 0.2) is 126 Å². The number of nitrogens with zero attached hydrogens (tertiary/aromatic N) is 2. The van der Waals surface area contributed by atoms with Crippen LogP contribution in [-0.2, 0) is 0 Å². The quantitative estimate of drug-likeness (QED) is 0.160. The van der Waals surface area contributed by atoms with Crippen LogP contribution in [0.5, 0.6) is 0 Å². The summed E-state index contributed by atoms with van der Waals surface area (Å²) in [5, 5.41) is 29.1. The fraction of sp³-hybridized carbons (Fsp3) is 0.233. The van der Waals surface area contributed by atoms with Crippen molar-refractivity contribution in [2.24, 2.45) is 35.5 Å². The first-order chi connectivity index (χ1) is 31.7. The summed E-state index contributed by atoms with van der Waals surface area (Å²) in [5.41, 5.74) is 10.3. The number of hydrogen-bond donors (Lipinski definition) is 2. The second-order valence-electron chi connectivity index (χ2n) is 20.6. The van der Waals surface area contributed by atoms with E-state index >= 15 is 0 Å². The van der Waals surface area contributed by atoms with Gasteiger partial charge in [0.1, 0.15) is 0 Å². The number of hydrogen-bond acceptors (Lipinski definition) is 4. The van der Waals surface area contributed by atoms with Gasteiger partial charge < -0.3 is 10.6 Å². The molecule has 8 atom stereocenters. The highest BCUT2D eigenvalue weighted by atomic mass is 15.0. The normalized spacial score (nSPS) is 29.5. The van der Waals surface area contributed by atoms with Gasteiger partial charge in [-0.05, 0) is 131 Å². The summed E-state index contributed by atoms with van der Waals surface area (Å²) >= 11 is 0. The molecule has 0 spiro atoms. The lowest BCUT2D eigenvalue weighted by atomic mass is 9.63. The smallest absolute Gasteiger partial charge is 0.0743 e. The Kier molecular flexibility index (Phi) is 6.15. The first kappa shape index (κ1) is 33.7. The lowest BCUT2D eigenvalue weighted by molar-refractivity contribution is 0.0830. The van der Waals surface area contributed by atoms with E-state index in [0.717, 1.165) is 33.9 Å². The number of aromatic nitrogens is 2. The average molecular weight is 821 g/mol. The minimum absolute atomic E-state index is 0.00435. The van der Waals surface area contributed by atoms with E-state index in [1.165, 1.54) is 147 Å². The summed E-state index contributed by atoms with van der Waals surface area (Å²) < 4.78 is 0. The Morgan fingerprint density at radius 2 is 1.03 bits per heavy atom. The Labute approximate surface area is 369 Å². The van der Waals surface area contributed by atoms with Crippen LogP contribution in [0, 0.1) is 56.4 Å². The molecule has 304 valence electrons. The van der Waals surface area contributed by atoms with E-state index in [1.807, 2.05) is 0 Å². The molecule has 2 N–H and O–H groups in total. The van der Waals surface area contributed by atoms with Crippen molar-refractivity contribution in [1.29, 1.82) is 0 Å². The lowest BCUT2D eigenvalue weighted by Crippen LogP contribution is -2.35. The molecule has 8 bridgehead atoms. The first-order valence-corrected chi connectivity index (χ1v) is 24.1. The highest BCUT2D eigenvalue weighted by Gasteiger charge is 2.59. The molecule has 0 radical (unpaired) electrons. The molecule has 8 unspecified atom stereocenters. The van der Waals surface area contributed by atoms with Gasteiger partial charge in [0.25, 0.3) is 0 Å². The zero-order chi connectivity index (χ0) is 41.1. The standard InChI is InChI=1S/C60H44N4/c1-9-29-10-2-18-34-49(29)33(17-1)53-41-25-43-55-35-19-3-11-30-12-5-21-37(50(30)35)57(55)45(62-43)27-47-59-39-23-7-15-32-16-8-24-40(52(32)39)60(59)48(64-47)28-46-58-38-22-6-14-31-13-4-20-36(51(31)38)56(58)44(63-46)26-42(61-41)54(34)53/h1-6,9-14,17-22,25-28,32,39-41,52-53,59-61,64H,7-8,15-16,23-24H2/b43-25-,44-26-,47-27-,48-28?. The van der Waals surface area contributed by atoms with Gasteiger partial charge in [-0.15, -0.1) is 0 Å². The van der Waals surface area contributed by atoms with E-state index in [-0.39, 0.29) is 12.0 Å². The molecular formula is C60H44N4. The minimum Gasteiger partial charge on any atom is -0.377 e. The molecule has 5 heterocycles. The number of fused-ring (bicyclic) bond motifs is 25. The summed E-state index contributed by atoms with van der Waals surface area (Å²) in [7, 11) is 0. The summed E-state index contributed by atoms with van der Waals surface area (Å²) in [6.45, 7) is 0. The summed E-state index contributed by atoms with van der Waals surface area (Å²) in [5.74, 6) is 4.14. The second kappa shape index (κ2) is 11.7. The van der Waals surface area contributed by atoms with Gasteiger partial charge in [0.05, 0.1) is 28.1 Å². The maximum atomic E-state index is 5.82. The van der Waals surface area contributed by atoms with E-state index in [0.29, 0.717) is 23.7 Å². The molecule has 1 saturated heterocycles. The molecule has 4 heteroatoms. The fourth-order valence-corrected chi connectivity index (χ4v) is 16.1. The summed E-state index contributed by atoms with van der Waals surface area (Å²) in [4.78, 5) is 11.6. The van der Waals surface area contributed by atoms with Gasteiger partial charge in [0.2, 0.25) is 0 Å². The topological polar surface area (TPSA) is 49.8 Å². The van der Waals surface area contributed by atoms with E-state index in [9.17, 15) is 0 Å². The Balaban J connectivity index is 1.03.